The maximum atomic E-state index is 13.4. The molecule has 0 N–H and O–H groups in total. The van der Waals surface area contributed by atoms with Crippen molar-refractivity contribution in [2.45, 2.75) is 6.42 Å². The van der Waals surface area contributed by atoms with Gasteiger partial charge in [0.05, 0.1) is 19.8 Å². The average molecular weight is 442 g/mol. The number of amides is 2. The van der Waals surface area contributed by atoms with Gasteiger partial charge >= 0.3 is 0 Å². The number of piperazine rings is 1. The number of carbonyl (C=O) groups is 2. The van der Waals surface area contributed by atoms with E-state index in [-0.39, 0.29) is 11.8 Å². The lowest BCUT2D eigenvalue weighted by Crippen LogP contribution is -2.46. The number of hydrogen-bond donors (Lipinski definition) is 0. The molecule has 0 saturated carbocycles. The highest BCUT2D eigenvalue weighted by atomic mass is 32.1. The first-order valence-corrected chi connectivity index (χ1v) is 11.2. The van der Waals surface area contributed by atoms with Crippen molar-refractivity contribution >= 4 is 28.7 Å². The SMILES string of the molecule is COc1ccc(CCN2C(=O)C(c3cccs3)=C(N3CCN(C)CC3)C2=O)cc1OC. The minimum absolute atomic E-state index is 0.196. The Morgan fingerprint density at radius 3 is 2.35 bits per heavy atom. The zero-order valence-electron chi connectivity index (χ0n) is 18.1. The number of thiophene rings is 1. The van der Waals surface area contributed by atoms with Gasteiger partial charge < -0.3 is 19.3 Å². The molecule has 2 aromatic rings. The highest BCUT2D eigenvalue weighted by Crippen LogP contribution is 2.35. The predicted octanol–water partition coefficient (Wildman–Crippen LogP) is 2.34. The van der Waals surface area contributed by atoms with E-state index < -0.39 is 0 Å². The highest BCUT2D eigenvalue weighted by molar-refractivity contribution is 7.11. The maximum absolute atomic E-state index is 13.4. The monoisotopic (exact) mass is 441 g/mol. The second-order valence-corrected chi connectivity index (χ2v) is 8.64. The Hall–Kier alpha value is -2.84. The molecule has 2 aliphatic rings. The molecule has 0 atom stereocenters. The lowest BCUT2D eigenvalue weighted by molar-refractivity contribution is -0.137. The molecule has 1 aromatic carbocycles. The predicted molar refractivity (Wildman–Crippen MR) is 120 cm³/mol. The second kappa shape index (κ2) is 9.11. The Bertz CT molecular complexity index is 994. The van der Waals surface area contributed by atoms with Crippen molar-refractivity contribution < 1.29 is 19.1 Å². The summed E-state index contributed by atoms with van der Waals surface area (Å²) in [5, 5.41) is 1.94. The molecular formula is C23H27N3O4S. The Morgan fingerprint density at radius 2 is 1.71 bits per heavy atom. The molecule has 4 rings (SSSR count). The van der Waals surface area contributed by atoms with E-state index in [4.69, 9.17) is 9.47 Å². The molecule has 2 amide bonds. The number of methoxy groups -OCH3 is 2. The van der Waals surface area contributed by atoms with Gasteiger partial charge in [-0.2, -0.15) is 0 Å². The van der Waals surface area contributed by atoms with E-state index >= 15 is 0 Å². The van der Waals surface area contributed by atoms with Crippen LogP contribution in [-0.4, -0.2) is 80.5 Å². The number of nitrogens with zero attached hydrogens (tertiary/aromatic N) is 3. The van der Waals surface area contributed by atoms with Gasteiger partial charge in [0.25, 0.3) is 11.8 Å². The normalized spacial score (nSPS) is 17.6. The Kier molecular flexibility index (Phi) is 6.29. The number of imide groups is 1. The molecule has 1 aromatic heterocycles. The summed E-state index contributed by atoms with van der Waals surface area (Å²) in [7, 11) is 5.26. The number of ether oxygens (including phenoxy) is 2. The van der Waals surface area contributed by atoms with Crippen molar-refractivity contribution in [3.05, 3.63) is 51.8 Å². The van der Waals surface area contributed by atoms with Crippen LogP contribution in [0.5, 0.6) is 11.5 Å². The summed E-state index contributed by atoms with van der Waals surface area (Å²) in [5.41, 5.74) is 2.06. The number of likely N-dealkylation sites (N-methyl/N-ethyl adjacent to an activating group) is 1. The van der Waals surface area contributed by atoms with E-state index in [1.165, 1.54) is 16.2 Å². The van der Waals surface area contributed by atoms with E-state index in [2.05, 4.69) is 16.8 Å². The van der Waals surface area contributed by atoms with Crippen LogP contribution >= 0.6 is 11.3 Å². The van der Waals surface area contributed by atoms with Crippen LogP contribution in [0.3, 0.4) is 0 Å². The lowest BCUT2D eigenvalue weighted by atomic mass is 10.1. The molecule has 1 saturated heterocycles. The molecule has 2 aliphatic heterocycles. The summed E-state index contributed by atoms with van der Waals surface area (Å²) in [5.74, 6) is 0.883. The van der Waals surface area contributed by atoms with Crippen LogP contribution < -0.4 is 9.47 Å². The number of rotatable bonds is 7. The van der Waals surface area contributed by atoms with E-state index in [0.717, 1.165) is 36.6 Å². The van der Waals surface area contributed by atoms with E-state index in [1.54, 1.807) is 14.2 Å². The fraction of sp³-hybridized carbons (Fsp3) is 0.391. The van der Waals surface area contributed by atoms with Gasteiger partial charge in [0.1, 0.15) is 5.70 Å². The quantitative estimate of drug-likeness (QED) is 0.615. The van der Waals surface area contributed by atoms with Gasteiger partial charge in [-0.3, -0.25) is 14.5 Å². The van der Waals surface area contributed by atoms with Crippen LogP contribution in [0.1, 0.15) is 10.4 Å². The van der Waals surface area contributed by atoms with Gasteiger partial charge in [0.15, 0.2) is 11.5 Å². The highest BCUT2D eigenvalue weighted by Gasteiger charge is 2.42. The number of hydrogen-bond acceptors (Lipinski definition) is 7. The zero-order valence-corrected chi connectivity index (χ0v) is 18.9. The lowest BCUT2D eigenvalue weighted by Gasteiger charge is -2.34. The molecule has 31 heavy (non-hydrogen) atoms. The molecule has 0 radical (unpaired) electrons. The van der Waals surface area contributed by atoms with Gasteiger partial charge in [-0.1, -0.05) is 12.1 Å². The number of benzene rings is 1. The standard InChI is InChI=1S/C23H27N3O4S/c1-24-10-12-25(13-11-24)21-20(19-5-4-14-31-19)22(27)26(23(21)28)9-8-16-6-7-17(29-2)18(15-16)30-3/h4-7,14-15H,8-13H2,1-3H3. The van der Waals surface area contributed by atoms with Crippen LogP contribution in [0, 0.1) is 0 Å². The van der Waals surface area contributed by atoms with Crippen LogP contribution in [0.25, 0.3) is 5.57 Å². The first-order valence-electron chi connectivity index (χ1n) is 10.3. The minimum Gasteiger partial charge on any atom is -0.493 e. The van der Waals surface area contributed by atoms with Crippen molar-refractivity contribution in [2.24, 2.45) is 0 Å². The molecule has 0 spiro atoms. The summed E-state index contributed by atoms with van der Waals surface area (Å²) in [4.78, 5) is 33.3. The maximum Gasteiger partial charge on any atom is 0.277 e. The summed E-state index contributed by atoms with van der Waals surface area (Å²) in [6, 6.07) is 9.49. The van der Waals surface area contributed by atoms with Crippen molar-refractivity contribution in [3.8, 4) is 11.5 Å². The second-order valence-electron chi connectivity index (χ2n) is 7.69. The van der Waals surface area contributed by atoms with E-state index in [1.807, 2.05) is 35.7 Å². The average Bonchev–Trinajstić information content (AvgIpc) is 3.39. The molecule has 0 bridgehead atoms. The molecular weight excluding hydrogens is 414 g/mol. The third kappa shape index (κ3) is 4.18. The molecule has 3 heterocycles. The van der Waals surface area contributed by atoms with E-state index in [0.29, 0.717) is 35.7 Å². The largest absolute Gasteiger partial charge is 0.493 e. The van der Waals surface area contributed by atoms with Gasteiger partial charge in [-0.05, 0) is 42.6 Å². The molecule has 0 unspecified atom stereocenters. The molecule has 1 fully saturated rings. The number of carbonyl (C=O) groups excluding carboxylic acids is 2. The molecule has 164 valence electrons. The van der Waals surface area contributed by atoms with Crippen LogP contribution in [0.4, 0.5) is 0 Å². The van der Waals surface area contributed by atoms with Crippen molar-refractivity contribution in [3.63, 3.8) is 0 Å². The van der Waals surface area contributed by atoms with Crippen molar-refractivity contribution in [1.82, 2.24) is 14.7 Å². The van der Waals surface area contributed by atoms with E-state index in [9.17, 15) is 9.59 Å². The van der Waals surface area contributed by atoms with Crippen LogP contribution in [-0.2, 0) is 16.0 Å². The smallest absolute Gasteiger partial charge is 0.277 e. The van der Waals surface area contributed by atoms with Crippen LogP contribution in [0.15, 0.2) is 41.4 Å². The minimum atomic E-state index is -0.207. The topological polar surface area (TPSA) is 62.3 Å². The molecule has 8 heteroatoms. The fourth-order valence-electron chi connectivity index (χ4n) is 4.01. The van der Waals surface area contributed by atoms with Gasteiger partial charge in [-0.15, -0.1) is 11.3 Å². The van der Waals surface area contributed by atoms with Gasteiger partial charge in [0.2, 0.25) is 0 Å². The van der Waals surface area contributed by atoms with Crippen molar-refractivity contribution in [2.75, 3.05) is 54.0 Å². The Labute approximate surface area is 186 Å². The third-order valence-electron chi connectivity index (χ3n) is 5.80. The summed E-state index contributed by atoms with van der Waals surface area (Å²) in [6.07, 6.45) is 0.547. The van der Waals surface area contributed by atoms with Gasteiger partial charge in [0, 0.05) is 37.6 Å². The summed E-state index contributed by atoms with van der Waals surface area (Å²) in [6.45, 7) is 3.54. The Morgan fingerprint density at radius 1 is 0.968 bits per heavy atom. The van der Waals surface area contributed by atoms with Crippen LogP contribution in [0.2, 0.25) is 0 Å². The third-order valence-corrected chi connectivity index (χ3v) is 6.69. The Balaban J connectivity index is 1.57. The first-order chi connectivity index (χ1) is 15.0. The first kappa shape index (κ1) is 21.4. The molecule has 7 nitrogen and oxygen atoms in total. The van der Waals surface area contributed by atoms with Crippen molar-refractivity contribution in [1.29, 1.82) is 0 Å². The van der Waals surface area contributed by atoms with Gasteiger partial charge in [-0.25, -0.2) is 0 Å². The summed E-state index contributed by atoms with van der Waals surface area (Å²) < 4.78 is 10.7. The zero-order chi connectivity index (χ0) is 22.0. The fourth-order valence-corrected chi connectivity index (χ4v) is 4.77. The summed E-state index contributed by atoms with van der Waals surface area (Å²) >= 11 is 1.49. The molecule has 0 aliphatic carbocycles.